The van der Waals surface area contributed by atoms with Gasteiger partial charge in [-0.15, -0.1) is 0 Å². The SMILES string of the molecule is Nc1nccnc1C(=O)Nc1cccc(CNC(=O)Nc2ccccc2Cl)c1. The Hall–Kier alpha value is -3.65. The fourth-order valence-electron chi connectivity index (χ4n) is 2.38. The molecule has 0 fully saturated rings. The zero-order valence-electron chi connectivity index (χ0n) is 14.6. The number of nitrogens with one attached hydrogen (secondary N) is 3. The van der Waals surface area contributed by atoms with E-state index in [2.05, 4.69) is 25.9 Å². The van der Waals surface area contributed by atoms with Gasteiger partial charge in [0.1, 0.15) is 0 Å². The number of aromatic nitrogens is 2. The number of benzene rings is 2. The van der Waals surface area contributed by atoms with Gasteiger partial charge >= 0.3 is 6.03 Å². The molecule has 0 unspecified atom stereocenters. The molecule has 3 aromatic rings. The van der Waals surface area contributed by atoms with E-state index in [-0.39, 0.29) is 18.1 Å². The average Bonchev–Trinajstić information content (AvgIpc) is 2.69. The van der Waals surface area contributed by atoms with Crippen LogP contribution < -0.4 is 21.7 Å². The lowest BCUT2D eigenvalue weighted by Gasteiger charge is -2.10. The molecule has 8 nitrogen and oxygen atoms in total. The van der Waals surface area contributed by atoms with Crippen LogP contribution in [0.5, 0.6) is 0 Å². The fraction of sp³-hybridized carbons (Fsp3) is 0.0526. The number of nitrogen functional groups attached to an aromatic ring is 1. The highest BCUT2D eigenvalue weighted by molar-refractivity contribution is 6.33. The quantitative estimate of drug-likeness (QED) is 0.527. The zero-order chi connectivity index (χ0) is 19.9. The summed E-state index contributed by atoms with van der Waals surface area (Å²) in [6, 6.07) is 13.6. The molecule has 0 aliphatic heterocycles. The smallest absolute Gasteiger partial charge is 0.319 e. The number of carbonyl (C=O) groups excluding carboxylic acids is 2. The van der Waals surface area contributed by atoms with E-state index >= 15 is 0 Å². The lowest BCUT2D eigenvalue weighted by atomic mass is 10.2. The number of halogens is 1. The van der Waals surface area contributed by atoms with E-state index in [0.717, 1.165) is 5.56 Å². The van der Waals surface area contributed by atoms with Gasteiger partial charge in [0.05, 0.1) is 10.7 Å². The number of hydrogen-bond acceptors (Lipinski definition) is 5. The monoisotopic (exact) mass is 396 g/mol. The van der Waals surface area contributed by atoms with Gasteiger partial charge in [0.25, 0.3) is 5.91 Å². The molecule has 1 aromatic heterocycles. The summed E-state index contributed by atoms with van der Waals surface area (Å²) in [7, 11) is 0. The highest BCUT2D eigenvalue weighted by atomic mass is 35.5. The molecule has 28 heavy (non-hydrogen) atoms. The Morgan fingerprint density at radius 2 is 1.79 bits per heavy atom. The third-order valence-corrected chi connectivity index (χ3v) is 4.03. The number of anilines is 3. The number of carbonyl (C=O) groups is 2. The first-order valence-electron chi connectivity index (χ1n) is 8.29. The lowest BCUT2D eigenvalue weighted by molar-refractivity contribution is 0.102. The van der Waals surface area contributed by atoms with E-state index in [1.54, 1.807) is 42.5 Å². The van der Waals surface area contributed by atoms with Crippen molar-refractivity contribution in [3.05, 3.63) is 77.2 Å². The summed E-state index contributed by atoms with van der Waals surface area (Å²) < 4.78 is 0. The van der Waals surface area contributed by atoms with E-state index in [1.807, 2.05) is 6.07 Å². The molecule has 0 bridgehead atoms. The molecule has 2 aromatic carbocycles. The van der Waals surface area contributed by atoms with Gasteiger partial charge < -0.3 is 21.7 Å². The third-order valence-electron chi connectivity index (χ3n) is 3.70. The molecular weight excluding hydrogens is 380 g/mol. The Balaban J connectivity index is 1.59. The number of hydrogen-bond donors (Lipinski definition) is 4. The number of urea groups is 1. The number of nitrogens with zero attached hydrogens (tertiary/aromatic N) is 2. The maximum Gasteiger partial charge on any atom is 0.319 e. The fourth-order valence-corrected chi connectivity index (χ4v) is 2.57. The third kappa shape index (κ3) is 4.95. The predicted octanol–water partition coefficient (Wildman–Crippen LogP) is 3.29. The van der Waals surface area contributed by atoms with E-state index < -0.39 is 11.9 Å². The van der Waals surface area contributed by atoms with Crippen molar-refractivity contribution >= 4 is 40.7 Å². The van der Waals surface area contributed by atoms with Crippen LogP contribution in [0.4, 0.5) is 22.0 Å². The van der Waals surface area contributed by atoms with Crippen LogP contribution in [0.25, 0.3) is 0 Å². The Kier molecular flexibility index (Phi) is 6.03. The molecule has 0 radical (unpaired) electrons. The van der Waals surface area contributed by atoms with Gasteiger partial charge in [-0.1, -0.05) is 35.9 Å². The highest BCUT2D eigenvalue weighted by Gasteiger charge is 2.12. The minimum atomic E-state index is -0.466. The maximum absolute atomic E-state index is 12.3. The van der Waals surface area contributed by atoms with Crippen LogP contribution in [0.2, 0.25) is 5.02 Å². The van der Waals surface area contributed by atoms with Crippen molar-refractivity contribution in [3.8, 4) is 0 Å². The molecule has 9 heteroatoms. The molecule has 142 valence electrons. The van der Waals surface area contributed by atoms with Crippen LogP contribution in [0.1, 0.15) is 16.1 Å². The molecule has 3 rings (SSSR count). The van der Waals surface area contributed by atoms with Crippen LogP contribution in [-0.2, 0) is 6.54 Å². The minimum absolute atomic E-state index is 0.0464. The minimum Gasteiger partial charge on any atom is -0.382 e. The molecule has 0 aliphatic carbocycles. The average molecular weight is 397 g/mol. The summed E-state index contributed by atoms with van der Waals surface area (Å²) in [4.78, 5) is 32.1. The van der Waals surface area contributed by atoms with Crippen molar-refractivity contribution in [3.63, 3.8) is 0 Å². The topological polar surface area (TPSA) is 122 Å². The van der Waals surface area contributed by atoms with E-state index in [0.29, 0.717) is 16.4 Å². The first-order valence-corrected chi connectivity index (χ1v) is 8.67. The van der Waals surface area contributed by atoms with E-state index in [9.17, 15) is 9.59 Å². The lowest BCUT2D eigenvalue weighted by Crippen LogP contribution is -2.28. The van der Waals surface area contributed by atoms with Gasteiger partial charge in [0.2, 0.25) is 0 Å². The summed E-state index contributed by atoms with van der Waals surface area (Å²) in [5.74, 6) is -0.416. The second-order valence-corrected chi connectivity index (χ2v) is 6.14. The van der Waals surface area contributed by atoms with Gasteiger partial charge in [-0.2, -0.15) is 0 Å². The molecular formula is C19H17ClN6O2. The van der Waals surface area contributed by atoms with Gasteiger partial charge in [-0.25, -0.2) is 14.8 Å². The largest absolute Gasteiger partial charge is 0.382 e. The van der Waals surface area contributed by atoms with E-state index in [1.165, 1.54) is 12.4 Å². The van der Waals surface area contributed by atoms with E-state index in [4.69, 9.17) is 17.3 Å². The molecule has 3 amide bonds. The Labute approximate surface area is 166 Å². The van der Waals surface area contributed by atoms with Crippen molar-refractivity contribution in [2.75, 3.05) is 16.4 Å². The summed E-state index contributed by atoms with van der Waals surface area (Å²) in [5.41, 5.74) is 7.56. The predicted molar refractivity (Wildman–Crippen MR) is 108 cm³/mol. The van der Waals surface area contributed by atoms with Crippen molar-refractivity contribution < 1.29 is 9.59 Å². The van der Waals surface area contributed by atoms with Crippen molar-refractivity contribution in [1.29, 1.82) is 0 Å². The highest BCUT2D eigenvalue weighted by Crippen LogP contribution is 2.20. The van der Waals surface area contributed by atoms with Crippen molar-refractivity contribution in [1.82, 2.24) is 15.3 Å². The number of amides is 3. The molecule has 5 N–H and O–H groups in total. The van der Waals surface area contributed by atoms with Crippen LogP contribution in [0.3, 0.4) is 0 Å². The number of nitrogens with two attached hydrogens (primary N) is 1. The van der Waals surface area contributed by atoms with Crippen molar-refractivity contribution in [2.24, 2.45) is 0 Å². The summed E-state index contributed by atoms with van der Waals surface area (Å²) >= 11 is 6.02. The molecule has 0 aliphatic rings. The molecule has 1 heterocycles. The van der Waals surface area contributed by atoms with Crippen LogP contribution >= 0.6 is 11.6 Å². The standard InChI is InChI=1S/C19H17ClN6O2/c20-14-6-1-2-7-15(14)26-19(28)24-11-12-4-3-5-13(10-12)25-18(27)16-17(21)23-9-8-22-16/h1-10H,11H2,(H2,21,23)(H,25,27)(H2,24,26,28). The molecule has 0 atom stereocenters. The summed E-state index contributed by atoms with van der Waals surface area (Å²) in [5, 5.41) is 8.56. The number of rotatable bonds is 5. The first kappa shape index (κ1) is 19.1. The van der Waals surface area contributed by atoms with Gasteiger partial charge in [0, 0.05) is 24.6 Å². The van der Waals surface area contributed by atoms with Crippen molar-refractivity contribution in [2.45, 2.75) is 6.54 Å². The van der Waals surface area contributed by atoms with Crippen LogP contribution in [0.15, 0.2) is 60.9 Å². The Bertz CT molecular complexity index is 1010. The number of para-hydroxylation sites is 1. The summed E-state index contributed by atoms with van der Waals surface area (Å²) in [6.45, 7) is 0.257. The Morgan fingerprint density at radius 3 is 2.57 bits per heavy atom. The molecule has 0 saturated carbocycles. The summed E-state index contributed by atoms with van der Waals surface area (Å²) in [6.07, 6.45) is 2.80. The Morgan fingerprint density at radius 1 is 1.00 bits per heavy atom. The normalized spacial score (nSPS) is 10.2. The molecule has 0 spiro atoms. The second kappa shape index (κ2) is 8.83. The second-order valence-electron chi connectivity index (χ2n) is 5.73. The van der Waals surface area contributed by atoms with Gasteiger partial charge in [-0.05, 0) is 29.8 Å². The van der Waals surface area contributed by atoms with Crippen LogP contribution in [0, 0.1) is 0 Å². The zero-order valence-corrected chi connectivity index (χ0v) is 15.4. The van der Waals surface area contributed by atoms with Gasteiger partial charge in [-0.3, -0.25) is 4.79 Å². The first-order chi connectivity index (χ1) is 13.5. The molecule has 0 saturated heterocycles. The van der Waals surface area contributed by atoms with Gasteiger partial charge in [0.15, 0.2) is 11.5 Å². The van der Waals surface area contributed by atoms with Crippen LogP contribution in [-0.4, -0.2) is 21.9 Å². The maximum atomic E-state index is 12.3.